The molecule has 0 spiro atoms. The first-order chi connectivity index (χ1) is 57.6. The first-order valence-electron chi connectivity index (χ1n) is 47.8. The van der Waals surface area contributed by atoms with Gasteiger partial charge in [-0.3, -0.25) is 19.6 Å². The Morgan fingerprint density at radius 2 is 0.844 bits per heavy atom. The largest absolute Gasteiger partial charge is 0.294 e. The Morgan fingerprint density at radius 1 is 0.385 bits per heavy atom. The molecule has 5 aliphatic carbocycles. The minimum Gasteiger partial charge on any atom is -0.294 e. The van der Waals surface area contributed by atoms with E-state index in [1.165, 1.54) is 186 Å². The van der Waals surface area contributed by atoms with E-state index in [9.17, 15) is 0 Å². The molecule has 3 saturated heterocycles. The summed E-state index contributed by atoms with van der Waals surface area (Å²) in [6.07, 6.45) is 24.1. The fraction of sp³-hybridized carbons (Fsp3) is 0.534. The van der Waals surface area contributed by atoms with Gasteiger partial charge in [0.05, 0.1) is 0 Å². The van der Waals surface area contributed by atoms with Crippen molar-refractivity contribution in [2.24, 2.45) is 22.2 Å². The van der Waals surface area contributed by atoms with Gasteiger partial charge in [0.15, 0.2) is 0 Å². The lowest BCUT2D eigenvalue weighted by molar-refractivity contribution is 0.0137. The standard InChI is InChI=1S/C21H31N.C19H22.C18H25Cl.C17H21NS.C17H25N.C14H21N.C10H14/c1-21(2,3)16-13-17(14-16)22-12-6-9-20(22)19-8-5-4-7-18(19)15-10-11-15;1-19(2,3)18-11-7-6-10-17(18)16-9-5-4-8-15(16)14-12-13-14;1-17(2,3)16-10-11-18(4,5)12-15(16)13-6-8-14(19)9-7-13;1-17(2,3)18-10-9-16-14(11-18)15(12-19-16)13-7-5-4-6-8-13;1-17(2,3)18-12-6-9-16(18)15-8-5-4-7-14(15)13-10-11-13;1-14(2,3)15-11-7-10-13(15)12-8-5-4-6-9-12;1-10(2,3)9-7-5-4-6-8-9/h4-5,7-8,15-17,20H,6,9-14H2,1-3H3;4-11,14H,12-13H2,1-3H3;6-9H,10-12H2,1-5H3;4-8,12H,9-11H2,1-3H3;4-5,7-8,13,16H,6,9-12H2,1-3H3;4-6,8-9,13H,7,10-11H2,1-3H3;4-8H,1-3H3/t16?,17?,20-;;;;;;/m0....../s1. The summed E-state index contributed by atoms with van der Waals surface area (Å²) >= 11 is 7.95. The summed E-state index contributed by atoms with van der Waals surface area (Å²) in [5.41, 5.74) is 26.7. The quantitative estimate of drug-likeness (QED) is 0.135. The summed E-state index contributed by atoms with van der Waals surface area (Å²) in [5.74, 6) is 3.47. The molecule has 4 nitrogen and oxygen atoms in total. The van der Waals surface area contributed by atoms with Crippen LogP contribution in [0.3, 0.4) is 0 Å². The Bertz CT molecular complexity index is 4780. The average Bonchev–Trinajstić information content (AvgIpc) is 1.64. The summed E-state index contributed by atoms with van der Waals surface area (Å²) in [6.45, 7) is 59.6. The van der Waals surface area contributed by atoms with E-state index in [-0.39, 0.29) is 27.4 Å². The fourth-order valence-electron chi connectivity index (χ4n) is 20.4. The molecule has 3 atom stereocenters. The van der Waals surface area contributed by atoms with Crippen LogP contribution in [0, 0.1) is 22.2 Å². The van der Waals surface area contributed by atoms with Gasteiger partial charge in [-0.15, -0.1) is 11.3 Å². The normalized spacial score (nSPS) is 21.6. The van der Waals surface area contributed by atoms with Crippen LogP contribution in [-0.4, -0.2) is 68.4 Å². The van der Waals surface area contributed by atoms with Crippen LogP contribution < -0.4 is 0 Å². The van der Waals surface area contributed by atoms with Gasteiger partial charge >= 0.3 is 0 Å². The monoisotopic (exact) mass is 1680 g/mol. The van der Waals surface area contributed by atoms with Crippen LogP contribution in [0.5, 0.6) is 0 Å². The Hall–Kier alpha value is -6.67. The van der Waals surface area contributed by atoms with Crippen molar-refractivity contribution in [2.75, 3.05) is 26.2 Å². The number of thiophene rings is 1. The lowest BCUT2D eigenvalue weighted by atomic mass is 9.65. The van der Waals surface area contributed by atoms with Gasteiger partial charge in [-0.05, 0) is 349 Å². The minimum absolute atomic E-state index is 0.188. The molecule has 1 aromatic heterocycles. The molecule has 0 N–H and O–H groups in total. The second-order valence-corrected chi connectivity index (χ2v) is 46.8. The Balaban J connectivity index is 0.000000131. The van der Waals surface area contributed by atoms with Crippen molar-refractivity contribution in [3.63, 3.8) is 0 Å². The number of benzene rings is 8. The van der Waals surface area contributed by atoms with E-state index in [0.717, 1.165) is 41.3 Å². The van der Waals surface area contributed by atoms with Crippen LogP contribution in [0.1, 0.15) is 365 Å². The maximum absolute atomic E-state index is 6.02. The van der Waals surface area contributed by atoms with Crippen molar-refractivity contribution in [3.05, 3.63) is 289 Å². The maximum Gasteiger partial charge on any atom is 0.0406 e. The third kappa shape index (κ3) is 25.4. The second kappa shape index (κ2) is 40.1. The number of rotatable bonds is 10. The van der Waals surface area contributed by atoms with E-state index >= 15 is 0 Å². The zero-order valence-electron chi connectivity index (χ0n) is 80.2. The van der Waals surface area contributed by atoms with Gasteiger partial charge in [0.2, 0.25) is 0 Å². The highest BCUT2D eigenvalue weighted by Crippen LogP contribution is 2.54. The van der Waals surface area contributed by atoms with Crippen molar-refractivity contribution in [3.8, 4) is 22.3 Å². The van der Waals surface area contributed by atoms with E-state index in [0.29, 0.717) is 34.4 Å². The van der Waals surface area contributed by atoms with Crippen LogP contribution in [0.2, 0.25) is 5.02 Å². The van der Waals surface area contributed by atoms with E-state index in [2.05, 4.69) is 384 Å². The Morgan fingerprint density at radius 3 is 1.35 bits per heavy atom. The summed E-state index contributed by atoms with van der Waals surface area (Å²) < 4.78 is 0. The van der Waals surface area contributed by atoms with Crippen LogP contribution in [0.4, 0.5) is 0 Å². The molecule has 18 rings (SSSR count). The van der Waals surface area contributed by atoms with Gasteiger partial charge in [-0.2, -0.15) is 0 Å². The summed E-state index contributed by atoms with van der Waals surface area (Å²) in [5, 5.41) is 3.16. The molecule has 9 aromatic rings. The number of likely N-dealkylation sites (tertiary alicyclic amines) is 3. The predicted octanol–water partition coefficient (Wildman–Crippen LogP) is 33.1. The maximum atomic E-state index is 6.02. The number of halogens is 1. The van der Waals surface area contributed by atoms with Gasteiger partial charge in [0, 0.05) is 63.8 Å². The van der Waals surface area contributed by atoms with Crippen LogP contribution in [-0.2, 0) is 23.8 Å². The molecule has 6 heteroatoms. The topological polar surface area (TPSA) is 13.0 Å². The van der Waals surface area contributed by atoms with Gasteiger partial charge < -0.3 is 0 Å². The number of nitrogens with zero attached hydrogens (tertiary/aromatic N) is 4. The second-order valence-electron chi connectivity index (χ2n) is 45.4. The molecule has 0 amide bonds. The fourth-order valence-corrected chi connectivity index (χ4v) is 21.6. The van der Waals surface area contributed by atoms with Crippen molar-refractivity contribution < 1.29 is 0 Å². The molecule has 2 unspecified atom stereocenters. The molecule has 8 aromatic carbocycles. The highest BCUT2D eigenvalue weighted by atomic mass is 35.5. The molecule has 0 radical (unpaired) electrons. The summed E-state index contributed by atoms with van der Waals surface area (Å²) in [6, 6.07) is 79.8. The van der Waals surface area contributed by atoms with Gasteiger partial charge in [0.1, 0.15) is 0 Å². The first kappa shape index (κ1) is 94.5. The number of hydrogen-bond donors (Lipinski definition) is 0. The third-order valence-electron chi connectivity index (χ3n) is 28.0. The highest BCUT2D eigenvalue weighted by molar-refractivity contribution is 7.10. The van der Waals surface area contributed by atoms with E-state index < -0.39 is 0 Å². The molecular formula is C116H159ClN4S. The molecule has 4 aliphatic heterocycles. The molecule has 122 heavy (non-hydrogen) atoms. The van der Waals surface area contributed by atoms with Crippen LogP contribution in [0.25, 0.3) is 27.8 Å². The van der Waals surface area contributed by atoms with Crippen LogP contribution >= 0.6 is 22.9 Å². The van der Waals surface area contributed by atoms with Crippen molar-refractivity contribution in [1.82, 2.24) is 19.6 Å². The van der Waals surface area contributed by atoms with Gasteiger partial charge in [-0.25, -0.2) is 0 Å². The molecule has 5 heterocycles. The molecule has 7 fully saturated rings. The molecule has 656 valence electrons. The average molecular weight is 1680 g/mol. The number of fused-ring (bicyclic) bond motifs is 1. The lowest BCUT2D eigenvalue weighted by Crippen LogP contribution is -2.48. The lowest BCUT2D eigenvalue weighted by Gasteiger charge is -2.49. The SMILES string of the molecule is CC(C)(C)C1CC(N2CCC[C@H]2c2ccccc2C2CC2)C1.CC(C)(C)N1CCCC1c1ccccc1.CC(C)(C)N1CCCC1c1ccccc1C1CC1.CC(C)(C)N1CCc2scc(-c3ccccc3)c2C1.CC(C)(C)c1ccccc1.CC(C)(C)c1ccccc1-c1ccccc1C1CC1.CC1(C)CCC(C(C)(C)C)=C(c2ccc(Cl)cc2)C1. The minimum atomic E-state index is 0.188. The Kier molecular flexibility index (Phi) is 31.1. The number of allylic oxidation sites excluding steroid dienone is 2. The summed E-state index contributed by atoms with van der Waals surface area (Å²) in [4.78, 5) is 12.4. The zero-order chi connectivity index (χ0) is 87.7. The Labute approximate surface area is 753 Å². The van der Waals surface area contributed by atoms with Crippen molar-refractivity contribution in [2.45, 2.75) is 351 Å². The van der Waals surface area contributed by atoms with Gasteiger partial charge in [0.25, 0.3) is 0 Å². The smallest absolute Gasteiger partial charge is 0.0406 e. The van der Waals surface area contributed by atoms with E-state index in [1.54, 1.807) is 49.4 Å². The molecule has 4 saturated carbocycles. The van der Waals surface area contributed by atoms with Crippen LogP contribution in [0.15, 0.2) is 223 Å². The van der Waals surface area contributed by atoms with E-state index in [1.807, 2.05) is 23.5 Å². The predicted molar refractivity (Wildman–Crippen MR) is 532 cm³/mol. The highest BCUT2D eigenvalue weighted by Gasteiger charge is 2.45. The third-order valence-corrected chi connectivity index (χ3v) is 29.4. The summed E-state index contributed by atoms with van der Waals surface area (Å²) in [7, 11) is 0. The first-order valence-corrected chi connectivity index (χ1v) is 49.0. The molecular weight excluding hydrogens is 1520 g/mol. The van der Waals surface area contributed by atoms with Crippen molar-refractivity contribution in [1.29, 1.82) is 0 Å². The van der Waals surface area contributed by atoms with Gasteiger partial charge in [-0.1, -0.05) is 314 Å². The van der Waals surface area contributed by atoms with Crippen molar-refractivity contribution >= 4 is 28.5 Å². The zero-order valence-corrected chi connectivity index (χ0v) is 81.8. The van der Waals surface area contributed by atoms with E-state index in [4.69, 9.17) is 11.6 Å². The molecule has 0 bridgehead atoms. The molecule has 9 aliphatic rings. The number of hydrogen-bond acceptors (Lipinski definition) is 5.